The third-order valence-corrected chi connectivity index (χ3v) is 13.4. The van der Waals surface area contributed by atoms with Crippen molar-refractivity contribution < 1.29 is 43.2 Å². The van der Waals surface area contributed by atoms with Crippen molar-refractivity contribution in [3.8, 4) is 29.1 Å². The van der Waals surface area contributed by atoms with E-state index in [4.69, 9.17) is 23.7 Å². The van der Waals surface area contributed by atoms with E-state index in [1.807, 2.05) is 20.9 Å². The number of nitriles is 1. The Morgan fingerprint density at radius 3 is 2.40 bits per heavy atom. The Kier molecular flexibility index (Phi) is 7.94. The molecule has 53 heavy (non-hydrogen) atoms. The number of thioether (sulfide) groups is 1. The number of ether oxygens (including phenoxy) is 5. The topological polar surface area (TPSA) is 151 Å². The third-order valence-electron chi connectivity index (χ3n) is 12.0. The molecule has 7 heterocycles. The van der Waals surface area contributed by atoms with E-state index in [0.717, 1.165) is 27.2 Å². The minimum atomic E-state index is -1.24. The SMILES string of the molecule is COCOc1c(C)c(C)cc2c1[C@@H]1C3[C@@H]4SC[C@H](N5C(=O)c6ccccc6C5=O)C(=O)OC[C@@H](c5c6c(c(C)c(O)c54)OCO6)N3[C@@H](C#N)[C@H](C2)N1C. The van der Waals surface area contributed by atoms with Crippen LogP contribution in [0.5, 0.6) is 23.0 Å². The van der Waals surface area contributed by atoms with Gasteiger partial charge in [-0.05, 0) is 63.1 Å². The average Bonchev–Trinajstić information content (AvgIpc) is 3.74. The Morgan fingerprint density at radius 2 is 1.70 bits per heavy atom. The number of phenolic OH excluding ortho intramolecular Hbond substituents is 1. The van der Waals surface area contributed by atoms with Crippen molar-refractivity contribution >= 4 is 29.5 Å². The molecule has 3 aromatic rings. The van der Waals surface area contributed by atoms with Gasteiger partial charge in [-0.2, -0.15) is 5.26 Å². The maximum absolute atomic E-state index is 14.1. The lowest BCUT2D eigenvalue weighted by Gasteiger charge is -2.62. The van der Waals surface area contributed by atoms with Gasteiger partial charge in [0.05, 0.1) is 34.5 Å². The third kappa shape index (κ3) is 4.64. The second-order valence-electron chi connectivity index (χ2n) is 14.5. The van der Waals surface area contributed by atoms with Crippen molar-refractivity contribution in [1.29, 1.82) is 5.26 Å². The zero-order valence-electron chi connectivity index (χ0n) is 29.9. The number of carbonyl (C=O) groups is 3. The molecule has 14 heteroatoms. The summed E-state index contributed by atoms with van der Waals surface area (Å²) in [4.78, 5) is 47.0. The van der Waals surface area contributed by atoms with Crippen molar-refractivity contribution in [2.45, 2.75) is 68.7 Å². The van der Waals surface area contributed by atoms with E-state index in [2.05, 4.69) is 21.9 Å². The number of aromatic hydroxyl groups is 1. The van der Waals surface area contributed by atoms with Crippen LogP contribution in [0.2, 0.25) is 0 Å². The van der Waals surface area contributed by atoms with Gasteiger partial charge in [0.25, 0.3) is 11.8 Å². The van der Waals surface area contributed by atoms with Crippen molar-refractivity contribution in [1.82, 2.24) is 14.7 Å². The molecule has 274 valence electrons. The van der Waals surface area contributed by atoms with E-state index in [0.29, 0.717) is 40.4 Å². The number of esters is 1. The average molecular weight is 739 g/mol. The molecule has 2 fully saturated rings. The fraction of sp³-hybridized carbons (Fsp3) is 0.436. The number of methoxy groups -OCH3 is 1. The molecule has 0 aliphatic carbocycles. The summed E-state index contributed by atoms with van der Waals surface area (Å²) in [7, 11) is 3.61. The standard InChI is InChI=1S/C39H38N4O9S/c1-17-10-20-11-23-24(12-40)42-25-13-49-39(47)26(43-37(45)21-8-6-7-9-22(21)38(43)46)14-53-36(29-28(25)35-34(51-16-52-35)19(3)32(29)44)31(42)30(41(23)4)27(20)33(18(17)2)50-15-48-5/h6-10,23-26,30-31,36,44H,11,13-16H2,1-5H3/t23-,24-,25-,26-,30+,31?,36+/m0/s1. The Morgan fingerprint density at radius 1 is 0.981 bits per heavy atom. The van der Waals surface area contributed by atoms with Crippen LogP contribution in [0.15, 0.2) is 30.3 Å². The monoisotopic (exact) mass is 738 g/mol. The quantitative estimate of drug-likeness (QED) is 0.231. The highest BCUT2D eigenvalue weighted by Gasteiger charge is 2.61. The maximum Gasteiger partial charge on any atom is 0.330 e. The number of piperazine rings is 1. The molecule has 7 aliphatic heterocycles. The summed E-state index contributed by atoms with van der Waals surface area (Å²) >= 11 is 1.35. The second kappa shape index (κ2) is 12.4. The molecule has 3 aromatic carbocycles. The highest BCUT2D eigenvalue weighted by molar-refractivity contribution is 7.99. The first-order valence-corrected chi connectivity index (χ1v) is 18.7. The van der Waals surface area contributed by atoms with Crippen LogP contribution < -0.4 is 14.2 Å². The highest BCUT2D eigenvalue weighted by Crippen LogP contribution is 2.63. The molecule has 0 aromatic heterocycles. The number of aryl methyl sites for hydroxylation is 1. The molecule has 1 N–H and O–H groups in total. The molecule has 2 saturated heterocycles. The van der Waals surface area contributed by atoms with E-state index in [1.165, 1.54) is 11.8 Å². The summed E-state index contributed by atoms with van der Waals surface area (Å²) in [6.45, 7) is 5.61. The summed E-state index contributed by atoms with van der Waals surface area (Å²) in [5.41, 5.74) is 6.28. The van der Waals surface area contributed by atoms with Gasteiger partial charge in [0, 0.05) is 47.2 Å². The number of carbonyl (C=O) groups excluding carboxylic acids is 3. The summed E-state index contributed by atoms with van der Waals surface area (Å²) < 4.78 is 29.9. The zero-order chi connectivity index (χ0) is 37.0. The van der Waals surface area contributed by atoms with Crippen molar-refractivity contribution in [3.05, 3.63) is 80.4 Å². The Bertz CT molecular complexity index is 2130. The molecule has 7 atom stereocenters. The predicted molar refractivity (Wildman–Crippen MR) is 190 cm³/mol. The van der Waals surface area contributed by atoms with Gasteiger partial charge in [0.2, 0.25) is 6.79 Å². The lowest BCUT2D eigenvalue weighted by molar-refractivity contribution is -0.153. The molecule has 0 radical (unpaired) electrons. The van der Waals surface area contributed by atoms with Crippen LogP contribution in [0.1, 0.15) is 77.0 Å². The molecule has 10 rings (SSSR count). The predicted octanol–water partition coefficient (Wildman–Crippen LogP) is 4.25. The number of nitrogens with zero attached hydrogens (tertiary/aromatic N) is 4. The first-order chi connectivity index (χ1) is 25.6. The molecule has 13 nitrogen and oxygen atoms in total. The highest BCUT2D eigenvalue weighted by atomic mass is 32.2. The van der Waals surface area contributed by atoms with Gasteiger partial charge in [0.15, 0.2) is 18.3 Å². The van der Waals surface area contributed by atoms with Crippen LogP contribution in [0, 0.1) is 32.1 Å². The van der Waals surface area contributed by atoms with Crippen LogP contribution in [0.25, 0.3) is 0 Å². The maximum atomic E-state index is 14.1. The summed E-state index contributed by atoms with van der Waals surface area (Å²) in [5, 5.41) is 22.6. The van der Waals surface area contributed by atoms with E-state index >= 15 is 0 Å². The summed E-state index contributed by atoms with van der Waals surface area (Å²) in [5.74, 6) is -0.261. The van der Waals surface area contributed by atoms with Gasteiger partial charge >= 0.3 is 5.97 Å². The molecular weight excluding hydrogens is 701 g/mol. The zero-order valence-corrected chi connectivity index (χ0v) is 30.7. The van der Waals surface area contributed by atoms with Gasteiger partial charge in [-0.1, -0.05) is 18.2 Å². The molecule has 2 amide bonds. The van der Waals surface area contributed by atoms with Crippen LogP contribution >= 0.6 is 11.8 Å². The molecule has 4 bridgehead atoms. The Labute approximate surface area is 310 Å². The minimum absolute atomic E-state index is 0.0275. The molecular formula is C39H38N4O9S. The van der Waals surface area contributed by atoms with Gasteiger partial charge in [-0.3, -0.25) is 24.3 Å². The van der Waals surface area contributed by atoms with Gasteiger partial charge in [0.1, 0.15) is 30.2 Å². The van der Waals surface area contributed by atoms with E-state index in [1.54, 1.807) is 38.3 Å². The Balaban J connectivity index is 1.26. The van der Waals surface area contributed by atoms with E-state index in [-0.39, 0.29) is 54.9 Å². The Hall–Kier alpha value is -4.81. The number of likely N-dealkylation sites (N-methyl/N-ethyl adjacent to an activating group) is 1. The number of phenols is 1. The minimum Gasteiger partial charge on any atom is -0.507 e. The fourth-order valence-electron chi connectivity index (χ4n) is 9.52. The number of benzene rings is 3. The first kappa shape index (κ1) is 34.0. The lowest BCUT2D eigenvalue weighted by Crippen LogP contribution is -2.69. The lowest BCUT2D eigenvalue weighted by atomic mass is 9.71. The molecule has 0 spiro atoms. The van der Waals surface area contributed by atoms with Crippen molar-refractivity contribution in [3.63, 3.8) is 0 Å². The summed E-state index contributed by atoms with van der Waals surface area (Å²) in [6, 6.07) is 7.59. The number of rotatable bonds is 4. The van der Waals surface area contributed by atoms with E-state index in [9.17, 15) is 24.8 Å². The molecule has 0 saturated carbocycles. The van der Waals surface area contributed by atoms with Crippen LogP contribution in [-0.4, -0.2) is 102 Å². The number of fused-ring (bicyclic) bond motifs is 11. The first-order valence-electron chi connectivity index (χ1n) is 17.6. The van der Waals surface area contributed by atoms with Gasteiger partial charge in [-0.25, -0.2) is 4.79 Å². The number of amides is 2. The molecule has 7 aliphatic rings. The number of imide groups is 1. The van der Waals surface area contributed by atoms with Crippen LogP contribution in [-0.2, 0) is 20.7 Å². The van der Waals surface area contributed by atoms with Crippen molar-refractivity contribution in [2.75, 3.05) is 40.1 Å². The van der Waals surface area contributed by atoms with Gasteiger partial charge < -0.3 is 28.8 Å². The van der Waals surface area contributed by atoms with Crippen LogP contribution in [0.4, 0.5) is 0 Å². The normalized spacial score (nSPS) is 28.5. The largest absolute Gasteiger partial charge is 0.507 e. The summed E-state index contributed by atoms with van der Waals surface area (Å²) in [6.07, 6.45) is 0.574. The second-order valence-corrected chi connectivity index (χ2v) is 15.6. The van der Waals surface area contributed by atoms with Gasteiger partial charge in [-0.15, -0.1) is 11.8 Å². The number of hydrogen-bond acceptors (Lipinski definition) is 13. The molecule has 1 unspecified atom stereocenters. The smallest absolute Gasteiger partial charge is 0.330 e. The van der Waals surface area contributed by atoms with E-state index < -0.39 is 47.2 Å². The van der Waals surface area contributed by atoms with Crippen LogP contribution in [0.3, 0.4) is 0 Å². The number of hydrogen-bond donors (Lipinski definition) is 1. The van der Waals surface area contributed by atoms with Crippen molar-refractivity contribution in [2.24, 2.45) is 0 Å². The fourth-order valence-corrected chi connectivity index (χ4v) is 11.1.